The van der Waals surface area contributed by atoms with E-state index in [4.69, 9.17) is 14.6 Å². The fraction of sp³-hybridized carbons (Fsp3) is 0.500. The standard InChI is InChI=1S/C14H22N2O6/c1-10(2)12(18)21-7-5-16(14(20)15-9-17)6-8-22-13(19)11(3)4/h17H,1,3,5-9H2,2,4H3,(H,15,20). The fourth-order valence-electron chi connectivity index (χ4n) is 1.24. The summed E-state index contributed by atoms with van der Waals surface area (Å²) in [4.78, 5) is 35.4. The lowest BCUT2D eigenvalue weighted by Gasteiger charge is -2.22. The molecule has 8 heteroatoms. The van der Waals surface area contributed by atoms with Crippen LogP contribution in [0.5, 0.6) is 0 Å². The number of carbonyl (C=O) groups is 3. The summed E-state index contributed by atoms with van der Waals surface area (Å²) in [6, 6.07) is -0.569. The van der Waals surface area contributed by atoms with Crippen molar-refractivity contribution in [3.8, 4) is 0 Å². The summed E-state index contributed by atoms with van der Waals surface area (Å²) in [6.45, 7) is 9.43. The summed E-state index contributed by atoms with van der Waals surface area (Å²) in [5.74, 6) is -1.12. The Labute approximate surface area is 129 Å². The molecule has 0 aromatic heterocycles. The second kappa shape index (κ2) is 10.4. The first-order valence-corrected chi connectivity index (χ1v) is 6.58. The summed E-state index contributed by atoms with van der Waals surface area (Å²) in [5.41, 5.74) is 0.503. The minimum absolute atomic E-state index is 0.0427. The molecule has 0 bridgehead atoms. The number of urea groups is 1. The number of nitrogens with zero attached hydrogens (tertiary/aromatic N) is 1. The van der Waals surface area contributed by atoms with Gasteiger partial charge < -0.3 is 24.8 Å². The van der Waals surface area contributed by atoms with Crippen LogP contribution < -0.4 is 5.32 Å². The summed E-state index contributed by atoms with van der Waals surface area (Å²) < 4.78 is 9.77. The third-order valence-corrected chi connectivity index (χ3v) is 2.40. The van der Waals surface area contributed by atoms with Gasteiger partial charge in [-0.2, -0.15) is 0 Å². The van der Waals surface area contributed by atoms with Crippen LogP contribution in [0.15, 0.2) is 24.3 Å². The Morgan fingerprint density at radius 2 is 1.41 bits per heavy atom. The molecule has 0 atom stereocenters. The van der Waals surface area contributed by atoms with E-state index < -0.39 is 24.7 Å². The maximum Gasteiger partial charge on any atom is 0.333 e. The first-order valence-electron chi connectivity index (χ1n) is 6.58. The lowest BCUT2D eigenvalue weighted by atomic mass is 10.4. The Balaban J connectivity index is 4.35. The summed E-state index contributed by atoms with van der Waals surface area (Å²) >= 11 is 0. The molecule has 0 saturated carbocycles. The predicted octanol–water partition coefficient (Wildman–Crippen LogP) is 0.186. The van der Waals surface area contributed by atoms with Gasteiger partial charge in [-0.3, -0.25) is 0 Å². The monoisotopic (exact) mass is 314 g/mol. The van der Waals surface area contributed by atoms with Gasteiger partial charge in [-0.25, -0.2) is 14.4 Å². The van der Waals surface area contributed by atoms with E-state index in [2.05, 4.69) is 18.5 Å². The second-order valence-electron chi connectivity index (χ2n) is 4.46. The topological polar surface area (TPSA) is 105 Å². The highest BCUT2D eigenvalue weighted by Gasteiger charge is 2.14. The minimum Gasteiger partial charge on any atom is -0.460 e. The van der Waals surface area contributed by atoms with Gasteiger partial charge in [0.05, 0.1) is 13.1 Å². The van der Waals surface area contributed by atoms with Crippen LogP contribution in [0.3, 0.4) is 0 Å². The van der Waals surface area contributed by atoms with Crippen LogP contribution in [-0.4, -0.2) is 61.0 Å². The Hall–Kier alpha value is -2.35. The molecule has 0 aromatic rings. The zero-order chi connectivity index (χ0) is 17.1. The average molecular weight is 314 g/mol. The third kappa shape index (κ3) is 8.05. The van der Waals surface area contributed by atoms with Crippen molar-refractivity contribution in [2.24, 2.45) is 0 Å². The molecule has 0 spiro atoms. The maximum atomic E-state index is 11.7. The number of aliphatic hydroxyl groups is 1. The smallest absolute Gasteiger partial charge is 0.333 e. The molecule has 0 radical (unpaired) electrons. The van der Waals surface area contributed by atoms with Gasteiger partial charge in [-0.1, -0.05) is 13.2 Å². The molecular weight excluding hydrogens is 292 g/mol. The van der Waals surface area contributed by atoms with Crippen molar-refractivity contribution >= 4 is 18.0 Å². The summed E-state index contributed by atoms with van der Waals surface area (Å²) in [7, 11) is 0. The van der Waals surface area contributed by atoms with Crippen LogP contribution in [0.4, 0.5) is 4.79 Å². The number of ether oxygens (including phenoxy) is 2. The van der Waals surface area contributed by atoms with Crippen molar-refractivity contribution in [1.82, 2.24) is 10.2 Å². The van der Waals surface area contributed by atoms with E-state index >= 15 is 0 Å². The van der Waals surface area contributed by atoms with Gasteiger partial charge in [0.1, 0.15) is 19.9 Å². The molecule has 2 amide bonds. The largest absolute Gasteiger partial charge is 0.460 e. The molecule has 0 aliphatic rings. The molecule has 0 heterocycles. The van der Waals surface area contributed by atoms with Crippen LogP contribution in [-0.2, 0) is 19.1 Å². The van der Waals surface area contributed by atoms with Gasteiger partial charge in [-0.15, -0.1) is 0 Å². The highest BCUT2D eigenvalue weighted by atomic mass is 16.5. The van der Waals surface area contributed by atoms with E-state index in [1.54, 1.807) is 0 Å². The van der Waals surface area contributed by atoms with Gasteiger partial charge in [-0.05, 0) is 13.8 Å². The molecule has 0 fully saturated rings. The van der Waals surface area contributed by atoms with Crippen molar-refractivity contribution in [2.75, 3.05) is 33.0 Å². The zero-order valence-corrected chi connectivity index (χ0v) is 12.9. The van der Waals surface area contributed by atoms with E-state index in [9.17, 15) is 14.4 Å². The Kier molecular flexibility index (Phi) is 9.28. The second-order valence-corrected chi connectivity index (χ2v) is 4.46. The van der Waals surface area contributed by atoms with Crippen LogP contribution in [0, 0.1) is 0 Å². The fourth-order valence-corrected chi connectivity index (χ4v) is 1.24. The lowest BCUT2D eigenvalue weighted by molar-refractivity contribution is -0.139. The number of carbonyl (C=O) groups excluding carboxylic acids is 3. The Bertz CT molecular complexity index is 415. The van der Waals surface area contributed by atoms with Gasteiger partial charge in [0.2, 0.25) is 0 Å². The molecule has 22 heavy (non-hydrogen) atoms. The van der Waals surface area contributed by atoms with Crippen LogP contribution in [0.2, 0.25) is 0 Å². The lowest BCUT2D eigenvalue weighted by Crippen LogP contribution is -2.44. The molecule has 0 saturated heterocycles. The zero-order valence-electron chi connectivity index (χ0n) is 12.9. The first-order chi connectivity index (χ1) is 10.3. The number of rotatable bonds is 9. The molecule has 8 nitrogen and oxygen atoms in total. The number of nitrogens with one attached hydrogen (secondary N) is 1. The van der Waals surface area contributed by atoms with E-state index in [0.29, 0.717) is 0 Å². The molecule has 0 rings (SSSR count). The van der Waals surface area contributed by atoms with E-state index in [0.717, 1.165) is 0 Å². The number of aliphatic hydroxyl groups excluding tert-OH is 1. The van der Waals surface area contributed by atoms with Crippen LogP contribution in [0.1, 0.15) is 13.8 Å². The SMILES string of the molecule is C=C(C)C(=O)OCCN(CCOC(=O)C(=C)C)C(=O)NCO. The van der Waals surface area contributed by atoms with E-state index in [1.165, 1.54) is 18.7 Å². The molecule has 0 aromatic carbocycles. The molecule has 0 aliphatic carbocycles. The molecule has 2 N–H and O–H groups in total. The van der Waals surface area contributed by atoms with Gasteiger partial charge in [0.25, 0.3) is 0 Å². The predicted molar refractivity (Wildman–Crippen MR) is 78.7 cm³/mol. The van der Waals surface area contributed by atoms with Crippen molar-refractivity contribution in [3.05, 3.63) is 24.3 Å². The minimum atomic E-state index is -0.569. The average Bonchev–Trinajstić information content (AvgIpc) is 2.45. The summed E-state index contributed by atoms with van der Waals surface area (Å²) in [5, 5.41) is 10.9. The van der Waals surface area contributed by atoms with Crippen LogP contribution >= 0.6 is 0 Å². The molecular formula is C14H22N2O6. The number of esters is 2. The summed E-state index contributed by atoms with van der Waals surface area (Å²) in [6.07, 6.45) is 0. The molecule has 124 valence electrons. The highest BCUT2D eigenvalue weighted by molar-refractivity contribution is 5.87. The Morgan fingerprint density at radius 1 is 1.00 bits per heavy atom. The molecule has 0 unspecified atom stereocenters. The first kappa shape index (κ1) is 19.7. The molecule has 0 aliphatic heterocycles. The van der Waals surface area contributed by atoms with Crippen molar-refractivity contribution in [1.29, 1.82) is 0 Å². The number of amides is 2. The normalized spacial score (nSPS) is 9.59. The van der Waals surface area contributed by atoms with Crippen molar-refractivity contribution < 1.29 is 29.0 Å². The Morgan fingerprint density at radius 3 is 1.73 bits per heavy atom. The van der Waals surface area contributed by atoms with Gasteiger partial charge in [0.15, 0.2) is 0 Å². The van der Waals surface area contributed by atoms with Crippen LogP contribution in [0.25, 0.3) is 0 Å². The quantitative estimate of drug-likeness (QED) is 0.357. The van der Waals surface area contributed by atoms with E-state index in [-0.39, 0.29) is 37.4 Å². The highest BCUT2D eigenvalue weighted by Crippen LogP contribution is 1.97. The van der Waals surface area contributed by atoms with Gasteiger partial charge >= 0.3 is 18.0 Å². The van der Waals surface area contributed by atoms with Crippen molar-refractivity contribution in [3.63, 3.8) is 0 Å². The maximum absolute atomic E-state index is 11.7. The van der Waals surface area contributed by atoms with Crippen molar-refractivity contribution in [2.45, 2.75) is 13.8 Å². The third-order valence-electron chi connectivity index (χ3n) is 2.40. The number of hydrogen-bond acceptors (Lipinski definition) is 6. The number of hydrogen-bond donors (Lipinski definition) is 2. The van der Waals surface area contributed by atoms with Gasteiger partial charge in [0, 0.05) is 11.1 Å². The van der Waals surface area contributed by atoms with E-state index in [1.807, 2.05) is 0 Å².